The second-order valence-corrected chi connectivity index (χ2v) is 23.4. The molecule has 77 heavy (non-hydrogen) atoms. The smallest absolute Gasteiger partial charge is 0.306 e. The summed E-state index contributed by atoms with van der Waals surface area (Å²) < 4.78 is 17.0. The minimum atomic E-state index is -0.776. The van der Waals surface area contributed by atoms with E-state index in [-0.39, 0.29) is 31.1 Å². The molecule has 0 aliphatic rings. The molecule has 0 amide bonds. The van der Waals surface area contributed by atoms with E-state index < -0.39 is 6.10 Å². The van der Waals surface area contributed by atoms with Gasteiger partial charge in [-0.15, -0.1) is 0 Å². The van der Waals surface area contributed by atoms with Crippen LogP contribution in [0.3, 0.4) is 0 Å². The van der Waals surface area contributed by atoms with Gasteiger partial charge in [-0.3, -0.25) is 14.4 Å². The quantitative estimate of drug-likeness (QED) is 0.0261. The van der Waals surface area contributed by atoms with E-state index >= 15 is 0 Å². The van der Waals surface area contributed by atoms with Crippen LogP contribution < -0.4 is 0 Å². The molecule has 0 aliphatic heterocycles. The van der Waals surface area contributed by atoms with Crippen LogP contribution in [0.5, 0.6) is 0 Å². The topological polar surface area (TPSA) is 78.9 Å². The summed E-state index contributed by atoms with van der Waals surface area (Å²) in [6.45, 7) is 6.69. The molecule has 6 heteroatoms. The Balaban J connectivity index is 4.28. The summed E-state index contributed by atoms with van der Waals surface area (Å²) in [4.78, 5) is 38.4. The van der Waals surface area contributed by atoms with Crippen LogP contribution in [0.1, 0.15) is 380 Å². The summed E-state index contributed by atoms with van der Waals surface area (Å²) in [5.41, 5.74) is 0. The summed E-state index contributed by atoms with van der Waals surface area (Å²) in [7, 11) is 0. The molecule has 0 N–H and O–H groups in total. The third kappa shape index (κ3) is 64.3. The van der Waals surface area contributed by atoms with Gasteiger partial charge in [0.25, 0.3) is 0 Å². The van der Waals surface area contributed by atoms with Crippen molar-refractivity contribution in [3.8, 4) is 0 Å². The number of carbonyl (C=O) groups is 3. The van der Waals surface area contributed by atoms with Crippen LogP contribution in [0.4, 0.5) is 0 Å². The molecule has 1 atom stereocenters. The largest absolute Gasteiger partial charge is 0.462 e. The van der Waals surface area contributed by atoms with E-state index in [9.17, 15) is 14.4 Å². The highest BCUT2D eigenvalue weighted by Crippen LogP contribution is 2.18. The van der Waals surface area contributed by atoms with Crippen LogP contribution in [0.25, 0.3) is 0 Å². The van der Waals surface area contributed by atoms with E-state index in [1.165, 1.54) is 283 Å². The predicted octanol–water partition coefficient (Wildman–Crippen LogP) is 23.6. The number of esters is 3. The van der Waals surface area contributed by atoms with E-state index in [0.29, 0.717) is 19.3 Å². The average Bonchev–Trinajstić information content (AvgIpc) is 3.43. The van der Waals surface area contributed by atoms with Crippen LogP contribution in [0.15, 0.2) is 36.5 Å². The second kappa shape index (κ2) is 66.1. The Kier molecular flexibility index (Phi) is 64.1. The van der Waals surface area contributed by atoms with Gasteiger partial charge in [0, 0.05) is 19.3 Å². The standard InChI is InChI=1S/C71H132O6/c1-4-7-10-13-16-19-22-25-28-31-32-33-34-35-36-37-38-41-43-46-49-52-55-58-61-64-70(73)76-67-68(77-71(74)65-62-59-56-53-50-47-44-40-30-27-24-21-18-15-12-9-6-3)66-75-69(72)63-60-57-54-51-48-45-42-39-29-26-23-20-17-14-11-8-5-2/h26-27,29-32,68H,4-25,28,33-67H2,1-3H3/b29-26-,30-27-,32-31-. The van der Waals surface area contributed by atoms with Gasteiger partial charge in [-0.05, 0) is 96.3 Å². The van der Waals surface area contributed by atoms with Crippen molar-refractivity contribution in [3.63, 3.8) is 0 Å². The molecule has 0 aromatic rings. The van der Waals surface area contributed by atoms with Crippen molar-refractivity contribution in [3.05, 3.63) is 36.5 Å². The number of hydrogen-bond donors (Lipinski definition) is 0. The minimum Gasteiger partial charge on any atom is -0.462 e. The minimum absolute atomic E-state index is 0.0716. The average molecular weight is 1080 g/mol. The first kappa shape index (κ1) is 74.6. The first-order valence-corrected chi connectivity index (χ1v) is 34.5. The first-order chi connectivity index (χ1) is 38.0. The maximum atomic E-state index is 12.9. The van der Waals surface area contributed by atoms with E-state index in [0.717, 1.165) is 57.8 Å². The van der Waals surface area contributed by atoms with Crippen molar-refractivity contribution < 1.29 is 28.6 Å². The van der Waals surface area contributed by atoms with Crippen molar-refractivity contribution in [2.75, 3.05) is 13.2 Å². The lowest BCUT2D eigenvalue weighted by Crippen LogP contribution is -2.30. The molecule has 0 aromatic heterocycles. The fourth-order valence-corrected chi connectivity index (χ4v) is 10.4. The number of ether oxygens (including phenoxy) is 3. The van der Waals surface area contributed by atoms with Crippen molar-refractivity contribution in [2.24, 2.45) is 0 Å². The first-order valence-electron chi connectivity index (χ1n) is 34.5. The molecular weight excluding hydrogens is 949 g/mol. The molecule has 0 saturated carbocycles. The number of hydrogen-bond acceptors (Lipinski definition) is 6. The Morgan fingerprint density at radius 1 is 0.247 bits per heavy atom. The van der Waals surface area contributed by atoms with E-state index in [4.69, 9.17) is 14.2 Å². The third-order valence-corrected chi connectivity index (χ3v) is 15.6. The lowest BCUT2D eigenvalue weighted by molar-refractivity contribution is -0.167. The summed E-state index contributed by atoms with van der Waals surface area (Å²) in [6.07, 6.45) is 81.6. The van der Waals surface area contributed by atoms with Gasteiger partial charge in [0.15, 0.2) is 6.10 Å². The van der Waals surface area contributed by atoms with Gasteiger partial charge in [0.2, 0.25) is 0 Å². The monoisotopic (exact) mass is 1080 g/mol. The Hall–Kier alpha value is -2.37. The van der Waals surface area contributed by atoms with Crippen molar-refractivity contribution in [2.45, 2.75) is 386 Å². The van der Waals surface area contributed by atoms with Gasteiger partial charge in [0.05, 0.1) is 0 Å². The van der Waals surface area contributed by atoms with Gasteiger partial charge in [0.1, 0.15) is 13.2 Å². The molecule has 0 aromatic carbocycles. The second-order valence-electron chi connectivity index (χ2n) is 23.4. The Bertz CT molecular complexity index is 1290. The molecule has 0 bridgehead atoms. The normalized spacial score (nSPS) is 12.2. The number of unbranched alkanes of at least 4 members (excludes halogenated alkanes) is 47. The number of carbonyl (C=O) groups excluding carboxylic acids is 3. The number of allylic oxidation sites excluding steroid dienone is 6. The van der Waals surface area contributed by atoms with E-state index in [2.05, 4.69) is 57.2 Å². The summed E-state index contributed by atoms with van der Waals surface area (Å²) in [5, 5.41) is 0. The molecule has 0 aliphatic carbocycles. The van der Waals surface area contributed by atoms with Crippen molar-refractivity contribution in [1.29, 1.82) is 0 Å². The maximum Gasteiger partial charge on any atom is 0.306 e. The molecule has 0 radical (unpaired) electrons. The SMILES string of the molecule is CCCCCCCC/C=C\CCCCCCCCCC(=O)OCC(COC(=O)CCCCCCCCCCCCCCC/C=C\CCCCCCCCCC)OC(=O)CCCCCCCCC/C=C\CCCCCCCC. The Labute approximate surface area is 480 Å². The Morgan fingerprint density at radius 3 is 0.649 bits per heavy atom. The highest BCUT2D eigenvalue weighted by molar-refractivity contribution is 5.71. The van der Waals surface area contributed by atoms with Crippen LogP contribution >= 0.6 is 0 Å². The predicted molar refractivity (Wildman–Crippen MR) is 335 cm³/mol. The molecule has 1 unspecified atom stereocenters. The third-order valence-electron chi connectivity index (χ3n) is 15.6. The van der Waals surface area contributed by atoms with Crippen molar-refractivity contribution in [1.82, 2.24) is 0 Å². The van der Waals surface area contributed by atoms with E-state index in [1.54, 1.807) is 0 Å². The van der Waals surface area contributed by atoms with Crippen LogP contribution in [0.2, 0.25) is 0 Å². The van der Waals surface area contributed by atoms with Crippen LogP contribution in [0, 0.1) is 0 Å². The zero-order chi connectivity index (χ0) is 55.7. The molecule has 0 fully saturated rings. The van der Waals surface area contributed by atoms with Gasteiger partial charge < -0.3 is 14.2 Å². The fourth-order valence-electron chi connectivity index (χ4n) is 10.4. The van der Waals surface area contributed by atoms with Crippen molar-refractivity contribution >= 4 is 17.9 Å². The number of rotatable bonds is 64. The van der Waals surface area contributed by atoms with Crippen LogP contribution in [-0.2, 0) is 28.6 Å². The molecule has 0 spiro atoms. The fraction of sp³-hybridized carbons (Fsp3) is 0.873. The highest BCUT2D eigenvalue weighted by Gasteiger charge is 2.19. The van der Waals surface area contributed by atoms with Crippen LogP contribution in [-0.4, -0.2) is 37.2 Å². The molecule has 452 valence electrons. The summed E-state index contributed by atoms with van der Waals surface area (Å²) >= 11 is 0. The molecule has 6 nitrogen and oxygen atoms in total. The van der Waals surface area contributed by atoms with Gasteiger partial charge in [-0.25, -0.2) is 0 Å². The lowest BCUT2D eigenvalue weighted by Gasteiger charge is -2.18. The molecule has 0 rings (SSSR count). The molecule has 0 saturated heterocycles. The maximum absolute atomic E-state index is 12.9. The Morgan fingerprint density at radius 2 is 0.429 bits per heavy atom. The van der Waals surface area contributed by atoms with Gasteiger partial charge >= 0.3 is 17.9 Å². The zero-order valence-corrected chi connectivity index (χ0v) is 52.0. The van der Waals surface area contributed by atoms with Gasteiger partial charge in [-0.1, -0.05) is 301 Å². The summed E-state index contributed by atoms with van der Waals surface area (Å²) in [5.74, 6) is -0.855. The summed E-state index contributed by atoms with van der Waals surface area (Å²) in [6, 6.07) is 0. The van der Waals surface area contributed by atoms with E-state index in [1.807, 2.05) is 0 Å². The molecule has 0 heterocycles. The highest BCUT2D eigenvalue weighted by atomic mass is 16.6. The van der Waals surface area contributed by atoms with Gasteiger partial charge in [-0.2, -0.15) is 0 Å². The molecular formula is C71H132O6. The lowest BCUT2D eigenvalue weighted by atomic mass is 10.0. The zero-order valence-electron chi connectivity index (χ0n) is 52.0.